The second-order valence-electron chi connectivity index (χ2n) is 3.97. The molecular weight excluding hydrogens is 262 g/mol. The second-order valence-corrected chi connectivity index (χ2v) is 5.91. The van der Waals surface area contributed by atoms with Gasteiger partial charge in [-0.05, 0) is 23.8 Å². The highest BCUT2D eigenvalue weighted by atomic mass is 32.2. The molecule has 100 valence electrons. The van der Waals surface area contributed by atoms with Gasteiger partial charge >= 0.3 is 0 Å². The van der Waals surface area contributed by atoms with Crippen molar-refractivity contribution in [2.45, 2.75) is 11.4 Å². The average molecular weight is 277 g/mol. The van der Waals surface area contributed by atoms with Crippen molar-refractivity contribution >= 4 is 15.8 Å². The van der Waals surface area contributed by atoms with Gasteiger partial charge in [-0.2, -0.15) is 0 Å². The third-order valence-electron chi connectivity index (χ3n) is 2.80. The number of aromatic nitrogens is 1. The minimum atomic E-state index is -3.64. The van der Waals surface area contributed by atoms with E-state index in [0.717, 1.165) is 4.31 Å². The summed E-state index contributed by atoms with van der Waals surface area (Å²) in [5.74, 6) is 0.370. The van der Waals surface area contributed by atoms with Gasteiger partial charge in [-0.1, -0.05) is 24.3 Å². The number of pyridine rings is 1. The summed E-state index contributed by atoms with van der Waals surface area (Å²) in [6, 6.07) is 11.8. The average Bonchev–Trinajstić information content (AvgIpc) is 2.47. The SMILES string of the molecule is CN(c1ccccn1)S(=O)(=O)c1ccccc1CN. The number of hydrogen-bond donors (Lipinski definition) is 1. The molecule has 0 atom stereocenters. The van der Waals surface area contributed by atoms with Crippen LogP contribution in [0.25, 0.3) is 0 Å². The van der Waals surface area contributed by atoms with Crippen LogP contribution in [-0.4, -0.2) is 20.4 Å². The van der Waals surface area contributed by atoms with Crippen LogP contribution < -0.4 is 10.0 Å². The molecule has 2 rings (SSSR count). The molecule has 0 unspecified atom stereocenters. The van der Waals surface area contributed by atoms with Crippen LogP contribution in [-0.2, 0) is 16.6 Å². The van der Waals surface area contributed by atoms with Gasteiger partial charge in [-0.25, -0.2) is 13.4 Å². The first-order chi connectivity index (χ1) is 9.07. The van der Waals surface area contributed by atoms with Gasteiger partial charge in [0.15, 0.2) is 0 Å². The van der Waals surface area contributed by atoms with Gasteiger partial charge in [0.25, 0.3) is 10.0 Å². The molecule has 0 radical (unpaired) electrons. The lowest BCUT2D eigenvalue weighted by molar-refractivity contribution is 0.592. The number of anilines is 1. The fourth-order valence-electron chi connectivity index (χ4n) is 1.73. The highest BCUT2D eigenvalue weighted by Crippen LogP contribution is 2.22. The maximum absolute atomic E-state index is 12.5. The van der Waals surface area contributed by atoms with Gasteiger partial charge in [-0.15, -0.1) is 0 Å². The van der Waals surface area contributed by atoms with Gasteiger partial charge in [0.2, 0.25) is 0 Å². The summed E-state index contributed by atoms with van der Waals surface area (Å²) in [5, 5.41) is 0. The Bertz CT molecular complexity index is 657. The van der Waals surface area contributed by atoms with Crippen LogP contribution in [0.15, 0.2) is 53.6 Å². The van der Waals surface area contributed by atoms with Gasteiger partial charge < -0.3 is 5.73 Å². The van der Waals surface area contributed by atoms with Crippen LogP contribution >= 0.6 is 0 Å². The zero-order valence-corrected chi connectivity index (χ0v) is 11.3. The number of hydrogen-bond acceptors (Lipinski definition) is 4. The van der Waals surface area contributed by atoms with Gasteiger partial charge in [-0.3, -0.25) is 4.31 Å². The molecule has 0 spiro atoms. The highest BCUT2D eigenvalue weighted by Gasteiger charge is 2.24. The van der Waals surface area contributed by atoms with Crippen LogP contribution in [0.2, 0.25) is 0 Å². The lowest BCUT2D eigenvalue weighted by Gasteiger charge is -2.19. The van der Waals surface area contributed by atoms with Crippen LogP contribution in [0.4, 0.5) is 5.82 Å². The Morgan fingerprint density at radius 3 is 2.47 bits per heavy atom. The van der Waals surface area contributed by atoms with E-state index in [1.54, 1.807) is 48.7 Å². The van der Waals surface area contributed by atoms with E-state index >= 15 is 0 Å². The zero-order chi connectivity index (χ0) is 13.9. The predicted molar refractivity (Wildman–Crippen MR) is 74.2 cm³/mol. The molecule has 1 aromatic heterocycles. The summed E-state index contributed by atoms with van der Waals surface area (Å²) in [6.07, 6.45) is 1.55. The molecule has 2 N–H and O–H groups in total. The van der Waals surface area contributed by atoms with Crippen molar-refractivity contribution in [3.63, 3.8) is 0 Å². The number of rotatable bonds is 4. The number of nitrogens with zero attached hydrogens (tertiary/aromatic N) is 2. The summed E-state index contributed by atoms with van der Waals surface area (Å²) in [4.78, 5) is 4.26. The van der Waals surface area contributed by atoms with Gasteiger partial charge in [0.1, 0.15) is 5.82 Å². The smallest absolute Gasteiger partial charge is 0.265 e. The van der Waals surface area contributed by atoms with Gasteiger partial charge in [0, 0.05) is 19.8 Å². The van der Waals surface area contributed by atoms with Crippen molar-refractivity contribution in [1.29, 1.82) is 0 Å². The van der Waals surface area contributed by atoms with Crippen LogP contribution in [0.3, 0.4) is 0 Å². The van der Waals surface area contributed by atoms with E-state index in [4.69, 9.17) is 5.73 Å². The Kier molecular flexibility index (Phi) is 3.82. The van der Waals surface area contributed by atoms with Crippen molar-refractivity contribution in [1.82, 2.24) is 4.98 Å². The van der Waals surface area contributed by atoms with E-state index in [1.165, 1.54) is 7.05 Å². The Balaban J connectivity index is 2.48. The lowest BCUT2D eigenvalue weighted by Crippen LogP contribution is -2.28. The predicted octanol–water partition coefficient (Wildman–Crippen LogP) is 1.37. The molecule has 0 aliphatic rings. The number of benzene rings is 1. The van der Waals surface area contributed by atoms with Gasteiger partial charge in [0.05, 0.1) is 4.90 Å². The normalized spacial score (nSPS) is 11.3. The first kappa shape index (κ1) is 13.5. The minimum absolute atomic E-state index is 0.172. The minimum Gasteiger partial charge on any atom is -0.326 e. The Hall–Kier alpha value is -1.92. The van der Waals surface area contributed by atoms with Crippen LogP contribution in [0, 0.1) is 0 Å². The lowest BCUT2D eigenvalue weighted by atomic mass is 10.2. The first-order valence-electron chi connectivity index (χ1n) is 5.75. The zero-order valence-electron chi connectivity index (χ0n) is 10.5. The van der Waals surface area contributed by atoms with E-state index in [1.807, 2.05) is 0 Å². The fraction of sp³-hybridized carbons (Fsp3) is 0.154. The monoisotopic (exact) mass is 277 g/mol. The van der Waals surface area contributed by atoms with Crippen molar-refractivity contribution < 1.29 is 8.42 Å². The molecule has 0 saturated carbocycles. The van der Waals surface area contributed by atoms with Crippen molar-refractivity contribution in [3.05, 3.63) is 54.2 Å². The largest absolute Gasteiger partial charge is 0.326 e. The molecule has 0 saturated heterocycles. The van der Waals surface area contributed by atoms with Crippen LogP contribution in [0.5, 0.6) is 0 Å². The third-order valence-corrected chi connectivity index (χ3v) is 4.67. The molecule has 1 heterocycles. The Labute approximate surface area is 112 Å². The molecule has 1 aromatic carbocycles. The van der Waals surface area contributed by atoms with E-state index < -0.39 is 10.0 Å². The molecule has 0 amide bonds. The molecule has 19 heavy (non-hydrogen) atoms. The van der Waals surface area contributed by atoms with Crippen molar-refractivity contribution in [2.24, 2.45) is 5.73 Å². The summed E-state index contributed by atoms with van der Waals surface area (Å²) < 4.78 is 26.2. The first-order valence-corrected chi connectivity index (χ1v) is 7.19. The van der Waals surface area contributed by atoms with E-state index in [-0.39, 0.29) is 11.4 Å². The molecule has 6 heteroatoms. The molecule has 5 nitrogen and oxygen atoms in total. The maximum Gasteiger partial charge on any atom is 0.265 e. The summed E-state index contributed by atoms with van der Waals surface area (Å²) >= 11 is 0. The molecule has 0 aliphatic heterocycles. The number of nitrogens with two attached hydrogens (primary N) is 1. The quantitative estimate of drug-likeness (QED) is 0.915. The van der Waals surface area contributed by atoms with Crippen molar-refractivity contribution in [2.75, 3.05) is 11.4 Å². The Morgan fingerprint density at radius 1 is 1.16 bits per heavy atom. The van der Waals surface area contributed by atoms with Crippen LogP contribution in [0.1, 0.15) is 5.56 Å². The second kappa shape index (κ2) is 5.38. The molecule has 0 aliphatic carbocycles. The van der Waals surface area contributed by atoms with E-state index in [2.05, 4.69) is 4.98 Å². The Morgan fingerprint density at radius 2 is 1.84 bits per heavy atom. The maximum atomic E-state index is 12.5. The molecular formula is C13H15N3O2S. The van der Waals surface area contributed by atoms with E-state index in [0.29, 0.717) is 11.4 Å². The fourth-order valence-corrected chi connectivity index (χ4v) is 3.12. The van der Waals surface area contributed by atoms with E-state index in [9.17, 15) is 8.42 Å². The summed E-state index contributed by atoms with van der Waals surface area (Å²) in [7, 11) is -2.17. The highest BCUT2D eigenvalue weighted by molar-refractivity contribution is 7.92. The summed E-state index contributed by atoms with van der Waals surface area (Å²) in [5.41, 5.74) is 6.18. The number of sulfonamides is 1. The van der Waals surface area contributed by atoms with Crippen molar-refractivity contribution in [3.8, 4) is 0 Å². The topological polar surface area (TPSA) is 76.3 Å². The molecule has 0 bridgehead atoms. The molecule has 0 fully saturated rings. The third kappa shape index (κ3) is 2.59. The standard InChI is InChI=1S/C13H15N3O2S/c1-16(13-8-4-5-9-15-13)19(17,18)12-7-3-2-6-11(12)10-14/h2-9H,10,14H2,1H3. The molecule has 2 aromatic rings. The summed E-state index contributed by atoms with van der Waals surface area (Å²) in [6.45, 7) is 0.172.